The van der Waals surface area contributed by atoms with E-state index in [1.54, 1.807) is 0 Å². The molecular formula is C20H21N5OS. The molecule has 0 radical (unpaired) electrons. The van der Waals surface area contributed by atoms with E-state index in [0.717, 1.165) is 11.3 Å². The van der Waals surface area contributed by atoms with Crippen LogP contribution < -0.4 is 5.32 Å². The SMILES string of the molecule is Cn1cc(C2CN(C(=O)Nc3nc(C4CC4)cs3)Cc3ccccc32)cn1. The third-order valence-electron chi connectivity index (χ3n) is 5.34. The van der Waals surface area contributed by atoms with Crippen LogP contribution in [0.2, 0.25) is 0 Å². The second kappa shape index (κ2) is 6.49. The van der Waals surface area contributed by atoms with Crippen LogP contribution in [-0.4, -0.2) is 32.2 Å². The van der Waals surface area contributed by atoms with E-state index in [9.17, 15) is 4.79 Å². The number of aromatic nitrogens is 3. The Kier molecular flexibility index (Phi) is 3.97. The van der Waals surface area contributed by atoms with Gasteiger partial charge in [0.05, 0.1) is 11.9 Å². The summed E-state index contributed by atoms with van der Waals surface area (Å²) in [5.41, 5.74) is 4.71. The molecule has 2 aliphatic rings. The zero-order chi connectivity index (χ0) is 18.4. The number of fused-ring (bicyclic) bond motifs is 1. The molecule has 1 fully saturated rings. The number of carbonyl (C=O) groups is 1. The van der Waals surface area contributed by atoms with Crippen molar-refractivity contribution in [3.63, 3.8) is 0 Å². The molecule has 1 saturated carbocycles. The van der Waals surface area contributed by atoms with Crippen LogP contribution >= 0.6 is 11.3 Å². The molecule has 27 heavy (non-hydrogen) atoms. The molecule has 0 bridgehead atoms. The average Bonchev–Trinajstić information content (AvgIpc) is 3.28. The Morgan fingerprint density at radius 3 is 2.93 bits per heavy atom. The number of aryl methyl sites for hydroxylation is 1. The number of rotatable bonds is 3. The minimum absolute atomic E-state index is 0.0879. The van der Waals surface area contributed by atoms with E-state index in [1.165, 1.54) is 35.3 Å². The van der Waals surface area contributed by atoms with Crippen molar-refractivity contribution >= 4 is 22.5 Å². The lowest BCUT2D eigenvalue weighted by Gasteiger charge is -2.34. The molecule has 1 atom stereocenters. The first-order valence-electron chi connectivity index (χ1n) is 9.25. The van der Waals surface area contributed by atoms with Crippen molar-refractivity contribution in [1.29, 1.82) is 0 Å². The summed E-state index contributed by atoms with van der Waals surface area (Å²) in [6, 6.07) is 8.27. The normalized spacial score (nSPS) is 19.0. The van der Waals surface area contributed by atoms with Crippen LogP contribution in [-0.2, 0) is 13.6 Å². The fraction of sp³-hybridized carbons (Fsp3) is 0.350. The number of carbonyl (C=O) groups excluding carboxylic acids is 1. The monoisotopic (exact) mass is 379 g/mol. The topological polar surface area (TPSA) is 63.1 Å². The van der Waals surface area contributed by atoms with Gasteiger partial charge in [0.1, 0.15) is 0 Å². The second-order valence-corrected chi connectivity index (χ2v) is 8.22. The Hall–Kier alpha value is -2.67. The van der Waals surface area contributed by atoms with E-state index in [2.05, 4.69) is 39.0 Å². The van der Waals surface area contributed by atoms with Gasteiger partial charge in [0.2, 0.25) is 0 Å². The van der Waals surface area contributed by atoms with Crippen molar-refractivity contribution in [2.45, 2.75) is 31.2 Å². The average molecular weight is 379 g/mol. The van der Waals surface area contributed by atoms with Crippen LogP contribution in [0.5, 0.6) is 0 Å². The summed E-state index contributed by atoms with van der Waals surface area (Å²) in [6.45, 7) is 1.25. The fourth-order valence-corrected chi connectivity index (χ4v) is 4.53. The number of thiazole rings is 1. The van der Waals surface area contributed by atoms with Gasteiger partial charge in [-0.05, 0) is 29.5 Å². The first-order valence-corrected chi connectivity index (χ1v) is 10.1. The van der Waals surface area contributed by atoms with Crippen molar-refractivity contribution in [3.05, 3.63) is 64.4 Å². The summed E-state index contributed by atoms with van der Waals surface area (Å²) < 4.78 is 1.81. The Morgan fingerprint density at radius 2 is 2.15 bits per heavy atom. The first-order chi connectivity index (χ1) is 13.2. The van der Waals surface area contributed by atoms with Crippen molar-refractivity contribution in [2.75, 3.05) is 11.9 Å². The van der Waals surface area contributed by atoms with E-state index in [4.69, 9.17) is 0 Å². The molecule has 6 nitrogen and oxygen atoms in total. The summed E-state index contributed by atoms with van der Waals surface area (Å²) in [6.07, 6.45) is 6.36. The molecule has 7 heteroatoms. The Morgan fingerprint density at radius 1 is 1.30 bits per heavy atom. The highest BCUT2D eigenvalue weighted by Crippen LogP contribution is 2.41. The number of urea groups is 1. The summed E-state index contributed by atoms with van der Waals surface area (Å²) >= 11 is 1.51. The predicted octanol–water partition coefficient (Wildman–Crippen LogP) is 3.93. The quantitative estimate of drug-likeness (QED) is 0.750. The van der Waals surface area contributed by atoms with Crippen LogP contribution in [0.1, 0.15) is 47.1 Å². The van der Waals surface area contributed by atoms with Crippen molar-refractivity contribution in [2.24, 2.45) is 7.05 Å². The van der Waals surface area contributed by atoms with Gasteiger partial charge in [0.15, 0.2) is 5.13 Å². The van der Waals surface area contributed by atoms with Gasteiger partial charge in [-0.3, -0.25) is 10.00 Å². The maximum Gasteiger partial charge on any atom is 0.323 e. The van der Waals surface area contributed by atoms with Crippen molar-refractivity contribution < 1.29 is 4.79 Å². The van der Waals surface area contributed by atoms with Crippen LogP contribution in [0, 0.1) is 0 Å². The van der Waals surface area contributed by atoms with Gasteiger partial charge in [-0.1, -0.05) is 24.3 Å². The molecule has 1 N–H and O–H groups in total. The Labute approximate surface area is 161 Å². The standard InChI is InChI=1S/C20H21N5OS/c1-24-9-15(8-21-24)17-11-25(10-14-4-2-3-5-16(14)17)20(26)23-19-22-18(12-27-19)13-6-7-13/h2-5,8-9,12-13,17H,6-7,10-11H2,1H3,(H,22,23,26). The van der Waals surface area contributed by atoms with Crippen LogP contribution in [0.4, 0.5) is 9.93 Å². The second-order valence-electron chi connectivity index (χ2n) is 7.36. The fourth-order valence-electron chi connectivity index (χ4n) is 3.75. The van der Waals surface area contributed by atoms with E-state index < -0.39 is 0 Å². The minimum atomic E-state index is -0.0879. The minimum Gasteiger partial charge on any atom is -0.319 e. The van der Waals surface area contributed by atoms with E-state index in [1.807, 2.05) is 35.1 Å². The Balaban J connectivity index is 1.38. The zero-order valence-corrected chi connectivity index (χ0v) is 15.9. The number of nitrogens with one attached hydrogen (secondary N) is 1. The lowest BCUT2D eigenvalue weighted by molar-refractivity contribution is 0.203. The van der Waals surface area contributed by atoms with E-state index >= 15 is 0 Å². The molecule has 3 aromatic rings. The van der Waals surface area contributed by atoms with Gasteiger partial charge in [-0.15, -0.1) is 11.3 Å². The largest absolute Gasteiger partial charge is 0.323 e. The Bertz CT molecular complexity index is 990. The highest BCUT2D eigenvalue weighted by molar-refractivity contribution is 7.13. The molecule has 138 valence electrons. The molecule has 3 heterocycles. The molecule has 1 aromatic carbocycles. The molecule has 2 aromatic heterocycles. The number of anilines is 1. The summed E-state index contributed by atoms with van der Waals surface area (Å²) in [5.74, 6) is 0.733. The molecule has 1 unspecified atom stereocenters. The highest BCUT2D eigenvalue weighted by Gasteiger charge is 2.31. The van der Waals surface area contributed by atoms with Gasteiger partial charge in [-0.2, -0.15) is 5.10 Å². The lowest BCUT2D eigenvalue weighted by Crippen LogP contribution is -2.41. The molecule has 1 aliphatic carbocycles. The number of hydrogen-bond donors (Lipinski definition) is 1. The van der Waals surface area contributed by atoms with Crippen LogP contribution in [0.15, 0.2) is 42.0 Å². The summed E-state index contributed by atoms with van der Waals surface area (Å²) in [5, 5.41) is 10.1. The van der Waals surface area contributed by atoms with E-state index in [-0.39, 0.29) is 11.9 Å². The summed E-state index contributed by atoms with van der Waals surface area (Å²) in [7, 11) is 1.92. The molecule has 5 rings (SSSR count). The third-order valence-corrected chi connectivity index (χ3v) is 6.12. The van der Waals surface area contributed by atoms with Crippen LogP contribution in [0.25, 0.3) is 0 Å². The predicted molar refractivity (Wildman–Crippen MR) is 105 cm³/mol. The maximum absolute atomic E-state index is 12.9. The maximum atomic E-state index is 12.9. The lowest BCUT2D eigenvalue weighted by atomic mass is 9.86. The van der Waals surface area contributed by atoms with E-state index in [0.29, 0.717) is 24.1 Å². The molecule has 1 aliphatic heterocycles. The van der Waals surface area contributed by atoms with Gasteiger partial charge in [0.25, 0.3) is 0 Å². The van der Waals surface area contributed by atoms with Gasteiger partial charge >= 0.3 is 6.03 Å². The number of hydrogen-bond acceptors (Lipinski definition) is 4. The van der Waals surface area contributed by atoms with Crippen LogP contribution in [0.3, 0.4) is 0 Å². The molecular weight excluding hydrogens is 358 g/mol. The third kappa shape index (κ3) is 3.23. The van der Waals surface area contributed by atoms with Gasteiger partial charge in [-0.25, -0.2) is 9.78 Å². The molecule has 0 saturated heterocycles. The first kappa shape index (κ1) is 16.5. The summed E-state index contributed by atoms with van der Waals surface area (Å²) in [4.78, 5) is 19.4. The molecule has 2 amide bonds. The van der Waals surface area contributed by atoms with Gasteiger partial charge < -0.3 is 4.90 Å². The van der Waals surface area contributed by atoms with Gasteiger partial charge in [0, 0.05) is 43.5 Å². The number of amides is 2. The number of benzene rings is 1. The van der Waals surface area contributed by atoms with Crippen molar-refractivity contribution in [3.8, 4) is 0 Å². The number of nitrogens with zero attached hydrogens (tertiary/aromatic N) is 4. The smallest absolute Gasteiger partial charge is 0.319 e. The zero-order valence-electron chi connectivity index (χ0n) is 15.1. The highest BCUT2D eigenvalue weighted by atomic mass is 32.1. The molecule has 0 spiro atoms. The van der Waals surface area contributed by atoms with Crippen molar-refractivity contribution in [1.82, 2.24) is 19.7 Å².